The molecule has 0 aliphatic carbocycles. The number of aliphatic hydroxyl groups is 1. The molecule has 3 heterocycles. The van der Waals surface area contributed by atoms with Gasteiger partial charge in [-0.1, -0.05) is 11.6 Å². The number of carbonyl (C=O) groups excluding carboxylic acids is 1. The van der Waals surface area contributed by atoms with Gasteiger partial charge in [0.1, 0.15) is 11.4 Å². The van der Waals surface area contributed by atoms with E-state index in [1.807, 2.05) is 11.6 Å². The fourth-order valence-electron chi connectivity index (χ4n) is 2.23. The Morgan fingerprint density at radius 1 is 1.48 bits per heavy atom. The van der Waals surface area contributed by atoms with Crippen LogP contribution in [0.15, 0.2) is 23.2 Å². The molecule has 0 radical (unpaired) electrons. The van der Waals surface area contributed by atoms with E-state index in [0.29, 0.717) is 16.3 Å². The summed E-state index contributed by atoms with van der Waals surface area (Å²) in [5.74, 6) is -0.554. The van der Waals surface area contributed by atoms with E-state index in [9.17, 15) is 9.90 Å². The monoisotopic (exact) mass is 384 g/mol. The molecule has 3 rings (SSSR count). The van der Waals surface area contributed by atoms with E-state index in [-0.39, 0.29) is 29.7 Å². The van der Waals surface area contributed by atoms with Gasteiger partial charge in [0.05, 0.1) is 23.8 Å². The number of pyridine rings is 1. The van der Waals surface area contributed by atoms with E-state index in [4.69, 9.17) is 20.5 Å². The van der Waals surface area contributed by atoms with E-state index in [1.54, 1.807) is 6.07 Å². The second-order valence-corrected chi connectivity index (χ2v) is 6.54. The first-order chi connectivity index (χ1) is 13.1. The minimum absolute atomic E-state index is 0.0104. The summed E-state index contributed by atoms with van der Waals surface area (Å²) in [6, 6.07) is 3.11. The van der Waals surface area contributed by atoms with Crippen molar-refractivity contribution >= 4 is 40.8 Å². The molecule has 8 nitrogen and oxygen atoms in total. The van der Waals surface area contributed by atoms with Crippen LogP contribution in [0.4, 0.5) is 11.5 Å². The van der Waals surface area contributed by atoms with Crippen molar-refractivity contribution in [2.24, 2.45) is 0 Å². The van der Waals surface area contributed by atoms with Gasteiger partial charge in [-0.25, -0.2) is 4.98 Å². The van der Waals surface area contributed by atoms with Crippen molar-refractivity contribution in [1.29, 1.82) is 0 Å². The topological polar surface area (TPSA) is 109 Å². The number of anilines is 2. The van der Waals surface area contributed by atoms with Crippen molar-refractivity contribution in [2.45, 2.75) is 10.5 Å². The number of nitrogens with one attached hydrogen (secondary N) is 2. The normalized spacial score (nSPS) is 17.6. The van der Waals surface area contributed by atoms with Crippen LogP contribution >= 0.6 is 23.4 Å². The Bertz CT molecular complexity index is 911. The van der Waals surface area contributed by atoms with Crippen molar-refractivity contribution in [3.63, 3.8) is 0 Å². The second-order valence-electron chi connectivity index (χ2n) is 5.31. The van der Waals surface area contributed by atoms with E-state index in [2.05, 4.69) is 20.5 Å². The summed E-state index contributed by atoms with van der Waals surface area (Å²) in [6.07, 6.45) is 3.33. The molecule has 25 heavy (non-hydrogen) atoms. The molecular weight excluding hydrogens is 366 g/mol. The number of carbonyl (C=O) groups is 1. The first-order valence-corrected chi connectivity index (χ1v) is 8.69. The maximum Gasteiger partial charge on any atom is 0.273 e. The van der Waals surface area contributed by atoms with Gasteiger partial charge in [0, 0.05) is 28.9 Å². The molecule has 2 aromatic rings. The number of ether oxygens (including phenoxy) is 1. The lowest BCUT2D eigenvalue weighted by molar-refractivity contribution is -0.184. The third kappa shape index (κ3) is 3.54. The largest absolute Gasteiger partial charge is 0.380 e. The number of nitrogens with zero attached hydrogens (tertiary/aromatic N) is 3. The molecule has 3 N–H and O–H groups in total. The summed E-state index contributed by atoms with van der Waals surface area (Å²) in [5, 5.41) is 22.5. The molecule has 1 aliphatic rings. The Hall–Kier alpha value is -1.94. The molecule has 1 saturated heterocycles. The van der Waals surface area contributed by atoms with Crippen LogP contribution in [0.25, 0.3) is 0 Å². The fraction of sp³-hybridized carbons (Fsp3) is 0.333. The molecule has 132 valence electrons. The minimum atomic E-state index is -2.68. The van der Waals surface area contributed by atoms with E-state index >= 15 is 0 Å². The summed E-state index contributed by atoms with van der Waals surface area (Å²) in [7, 11) is 0. The molecule has 1 amide bonds. The Morgan fingerprint density at radius 2 is 2.28 bits per heavy atom. The SMILES string of the molecule is [2H]C([2H])([2H])NC(=O)c1nnc(Cl)cc1Nc1ncc(C2(O)COC2)cc1SC. The minimum Gasteiger partial charge on any atom is -0.380 e. The summed E-state index contributed by atoms with van der Waals surface area (Å²) < 4.78 is 26.6. The van der Waals surface area contributed by atoms with Gasteiger partial charge < -0.3 is 20.5 Å². The van der Waals surface area contributed by atoms with Crippen LogP contribution in [-0.4, -0.2) is 52.6 Å². The molecule has 0 aromatic carbocycles. The summed E-state index contributed by atoms with van der Waals surface area (Å²) >= 11 is 7.25. The molecule has 1 aliphatic heterocycles. The Kier molecular flexibility index (Phi) is 4.06. The summed E-state index contributed by atoms with van der Waals surface area (Å²) in [4.78, 5) is 17.2. The smallest absolute Gasteiger partial charge is 0.273 e. The first-order valence-electron chi connectivity index (χ1n) is 8.59. The van der Waals surface area contributed by atoms with Crippen LogP contribution in [0.3, 0.4) is 0 Å². The zero-order chi connectivity index (χ0) is 20.5. The number of hydrogen-bond donors (Lipinski definition) is 3. The first kappa shape index (κ1) is 14.3. The quantitative estimate of drug-likeness (QED) is 0.666. The van der Waals surface area contributed by atoms with Gasteiger partial charge in [-0.15, -0.1) is 22.0 Å². The van der Waals surface area contributed by atoms with Crippen LogP contribution in [0, 0.1) is 0 Å². The van der Waals surface area contributed by atoms with Gasteiger partial charge >= 0.3 is 0 Å². The van der Waals surface area contributed by atoms with Crippen LogP contribution in [0.1, 0.15) is 20.2 Å². The summed E-state index contributed by atoms with van der Waals surface area (Å²) in [6.45, 7) is -2.29. The average molecular weight is 385 g/mol. The van der Waals surface area contributed by atoms with Crippen LogP contribution in [-0.2, 0) is 10.3 Å². The second kappa shape index (κ2) is 7.12. The van der Waals surface area contributed by atoms with Gasteiger partial charge in [0.2, 0.25) is 0 Å². The molecule has 0 spiro atoms. The van der Waals surface area contributed by atoms with Gasteiger partial charge in [0.25, 0.3) is 5.91 Å². The predicted octanol–water partition coefficient (Wildman–Crippen LogP) is 1.57. The van der Waals surface area contributed by atoms with Crippen molar-refractivity contribution in [1.82, 2.24) is 20.5 Å². The number of aromatic nitrogens is 3. The predicted molar refractivity (Wildman–Crippen MR) is 94.4 cm³/mol. The fourth-order valence-corrected chi connectivity index (χ4v) is 2.92. The summed E-state index contributed by atoms with van der Waals surface area (Å²) in [5.41, 5.74) is -0.560. The molecule has 0 unspecified atom stereocenters. The van der Waals surface area contributed by atoms with E-state index < -0.39 is 18.5 Å². The van der Waals surface area contributed by atoms with Crippen molar-refractivity contribution in [3.05, 3.63) is 34.7 Å². The average Bonchev–Trinajstić information content (AvgIpc) is 2.58. The van der Waals surface area contributed by atoms with Gasteiger partial charge in [-0.05, 0) is 12.3 Å². The van der Waals surface area contributed by atoms with Gasteiger partial charge in [0.15, 0.2) is 10.8 Å². The van der Waals surface area contributed by atoms with E-state index in [1.165, 1.54) is 24.0 Å². The standard InChI is InChI=1S/C15H16ClN5O3S/c1-17-14(22)12-9(4-11(16)20-21-12)19-13-10(25-2)3-8(5-18-13)15(23)6-24-7-15/h3-5,23H,6-7H2,1-2H3,(H,17,22)(H,18,19,20)/i1D3. The molecule has 10 heteroatoms. The highest BCUT2D eigenvalue weighted by molar-refractivity contribution is 7.98. The lowest BCUT2D eigenvalue weighted by atomic mass is 9.94. The third-order valence-electron chi connectivity index (χ3n) is 3.64. The van der Waals surface area contributed by atoms with Crippen molar-refractivity contribution in [2.75, 3.05) is 31.8 Å². The van der Waals surface area contributed by atoms with Crippen LogP contribution in [0.5, 0.6) is 0 Å². The number of hydrogen-bond acceptors (Lipinski definition) is 8. The Labute approximate surface area is 157 Å². The van der Waals surface area contributed by atoms with Gasteiger partial charge in [-0.2, -0.15) is 0 Å². The lowest BCUT2D eigenvalue weighted by Gasteiger charge is -2.36. The zero-order valence-corrected chi connectivity index (χ0v) is 14.6. The Morgan fingerprint density at radius 3 is 2.92 bits per heavy atom. The number of amides is 1. The highest BCUT2D eigenvalue weighted by Crippen LogP contribution is 2.34. The molecule has 2 aromatic heterocycles. The molecule has 0 atom stereocenters. The highest BCUT2D eigenvalue weighted by Gasteiger charge is 2.38. The maximum atomic E-state index is 12.2. The number of thioether (sulfide) groups is 1. The number of rotatable bonds is 5. The maximum absolute atomic E-state index is 12.2. The molecule has 0 bridgehead atoms. The zero-order valence-electron chi connectivity index (χ0n) is 16.0. The lowest BCUT2D eigenvalue weighted by Crippen LogP contribution is -2.46. The third-order valence-corrected chi connectivity index (χ3v) is 4.57. The van der Waals surface area contributed by atoms with Crippen molar-refractivity contribution < 1.29 is 18.8 Å². The number of halogens is 1. The molecular formula is C15H16ClN5O3S. The van der Waals surface area contributed by atoms with Crippen LogP contribution in [0.2, 0.25) is 5.15 Å². The van der Waals surface area contributed by atoms with E-state index in [0.717, 1.165) is 0 Å². The van der Waals surface area contributed by atoms with Crippen molar-refractivity contribution in [3.8, 4) is 0 Å². The molecule has 1 fully saturated rings. The van der Waals surface area contributed by atoms with Crippen LogP contribution < -0.4 is 10.6 Å². The van der Waals surface area contributed by atoms with Gasteiger partial charge in [-0.3, -0.25) is 4.79 Å². The Balaban J connectivity index is 1.93. The highest BCUT2D eigenvalue weighted by atomic mass is 35.5. The molecule has 0 saturated carbocycles.